The molecule has 11 heavy (non-hydrogen) atoms. The fraction of sp³-hybridized carbons (Fsp3) is 0.667. The van der Waals surface area contributed by atoms with Gasteiger partial charge in [-0.3, -0.25) is 0 Å². The average molecular weight is 151 g/mol. The first-order chi connectivity index (χ1) is 5.31. The number of nitrogens with zero attached hydrogens (tertiary/aromatic N) is 1. The molecule has 0 amide bonds. The van der Waals surface area contributed by atoms with Crippen LogP contribution >= 0.6 is 0 Å². The van der Waals surface area contributed by atoms with E-state index in [9.17, 15) is 0 Å². The zero-order valence-electron chi connectivity index (χ0n) is 6.84. The number of oxime groups is 1. The summed E-state index contributed by atoms with van der Waals surface area (Å²) in [5, 5.41) is 4.00. The van der Waals surface area contributed by atoms with Crippen molar-refractivity contribution in [3.63, 3.8) is 0 Å². The Bertz CT molecular complexity index is 220. The molecule has 0 bridgehead atoms. The fourth-order valence-corrected chi connectivity index (χ4v) is 1.81. The van der Waals surface area contributed by atoms with Crippen molar-refractivity contribution >= 4 is 5.71 Å². The van der Waals surface area contributed by atoms with Crippen molar-refractivity contribution in [1.82, 2.24) is 0 Å². The van der Waals surface area contributed by atoms with E-state index in [0.29, 0.717) is 0 Å². The average Bonchev–Trinajstić information content (AvgIpc) is 2.34. The van der Waals surface area contributed by atoms with Crippen LogP contribution in [0.2, 0.25) is 0 Å². The van der Waals surface area contributed by atoms with E-state index in [4.69, 9.17) is 4.84 Å². The Morgan fingerprint density at radius 2 is 2.45 bits per heavy atom. The first-order valence-corrected chi connectivity index (χ1v) is 4.17. The van der Waals surface area contributed by atoms with E-state index in [2.05, 4.69) is 17.3 Å². The lowest BCUT2D eigenvalue weighted by Gasteiger charge is -2.27. The number of rotatable bonds is 0. The van der Waals surface area contributed by atoms with Gasteiger partial charge in [-0.05, 0) is 19.8 Å². The van der Waals surface area contributed by atoms with Crippen LogP contribution in [0.4, 0.5) is 0 Å². The molecule has 0 aromatic heterocycles. The van der Waals surface area contributed by atoms with Gasteiger partial charge in [0.25, 0.3) is 0 Å². The quantitative estimate of drug-likeness (QED) is 0.487. The molecule has 0 saturated heterocycles. The van der Waals surface area contributed by atoms with Crippen molar-refractivity contribution < 1.29 is 4.84 Å². The highest BCUT2D eigenvalue weighted by molar-refractivity contribution is 5.83. The molecule has 1 atom stereocenters. The molecule has 2 aliphatic rings. The van der Waals surface area contributed by atoms with E-state index in [1.54, 1.807) is 0 Å². The van der Waals surface area contributed by atoms with Crippen LogP contribution in [0, 0.1) is 0 Å². The lowest BCUT2D eigenvalue weighted by Crippen LogP contribution is -2.29. The smallest absolute Gasteiger partial charge is 0.146 e. The summed E-state index contributed by atoms with van der Waals surface area (Å²) < 4.78 is 0. The molecule has 0 radical (unpaired) electrons. The van der Waals surface area contributed by atoms with Crippen LogP contribution in [-0.2, 0) is 4.84 Å². The molecule has 1 aliphatic carbocycles. The van der Waals surface area contributed by atoms with Gasteiger partial charge in [-0.2, -0.15) is 0 Å². The van der Waals surface area contributed by atoms with Gasteiger partial charge < -0.3 is 4.84 Å². The molecule has 2 rings (SSSR count). The van der Waals surface area contributed by atoms with Gasteiger partial charge in [0.2, 0.25) is 0 Å². The maximum Gasteiger partial charge on any atom is 0.146 e. The van der Waals surface area contributed by atoms with Crippen LogP contribution < -0.4 is 0 Å². The minimum Gasteiger partial charge on any atom is -0.389 e. The monoisotopic (exact) mass is 151 g/mol. The van der Waals surface area contributed by atoms with Gasteiger partial charge in [0.1, 0.15) is 5.60 Å². The van der Waals surface area contributed by atoms with Gasteiger partial charge in [-0.15, -0.1) is 0 Å². The normalized spacial score (nSPS) is 35.5. The first-order valence-electron chi connectivity index (χ1n) is 4.17. The third kappa shape index (κ3) is 1.17. The van der Waals surface area contributed by atoms with Crippen LogP contribution in [0.15, 0.2) is 17.3 Å². The molecule has 0 N–H and O–H groups in total. The Balaban J connectivity index is 2.09. The summed E-state index contributed by atoms with van der Waals surface area (Å²) in [6.45, 7) is 2.03. The number of hydrogen-bond donors (Lipinski definition) is 0. The van der Waals surface area contributed by atoms with Gasteiger partial charge in [0, 0.05) is 12.8 Å². The SMILES string of the molecule is CC1=NOC2(CC=CCC2)C1. The van der Waals surface area contributed by atoms with E-state index in [1.165, 1.54) is 0 Å². The summed E-state index contributed by atoms with van der Waals surface area (Å²) in [4.78, 5) is 5.43. The molecule has 1 heterocycles. The second-order valence-electron chi connectivity index (χ2n) is 3.49. The predicted octanol–water partition coefficient (Wildman–Crippen LogP) is 2.26. The highest BCUT2D eigenvalue weighted by Crippen LogP contribution is 2.35. The van der Waals surface area contributed by atoms with Crippen molar-refractivity contribution in [2.45, 2.75) is 38.2 Å². The number of allylic oxidation sites excluding steroid dienone is 1. The Hall–Kier alpha value is -0.790. The van der Waals surface area contributed by atoms with E-state index in [0.717, 1.165) is 31.4 Å². The Labute approximate surface area is 66.9 Å². The summed E-state index contributed by atoms with van der Waals surface area (Å²) in [7, 11) is 0. The minimum absolute atomic E-state index is 0.0544. The van der Waals surface area contributed by atoms with E-state index >= 15 is 0 Å². The second kappa shape index (κ2) is 2.36. The van der Waals surface area contributed by atoms with Crippen molar-refractivity contribution in [1.29, 1.82) is 0 Å². The van der Waals surface area contributed by atoms with Crippen LogP contribution in [0.1, 0.15) is 32.6 Å². The Kier molecular flexibility index (Phi) is 1.48. The number of hydrogen-bond acceptors (Lipinski definition) is 2. The molecule has 2 heteroatoms. The third-order valence-corrected chi connectivity index (χ3v) is 2.40. The summed E-state index contributed by atoms with van der Waals surface area (Å²) >= 11 is 0. The van der Waals surface area contributed by atoms with Crippen molar-refractivity contribution in [2.75, 3.05) is 0 Å². The molecule has 0 aromatic rings. The topological polar surface area (TPSA) is 21.6 Å². The molecular formula is C9H13NO. The molecule has 1 spiro atoms. The first kappa shape index (κ1) is 6.89. The van der Waals surface area contributed by atoms with E-state index in [1.807, 2.05) is 6.92 Å². The van der Waals surface area contributed by atoms with Crippen molar-refractivity contribution in [3.05, 3.63) is 12.2 Å². The van der Waals surface area contributed by atoms with Crippen molar-refractivity contribution in [3.8, 4) is 0 Å². The van der Waals surface area contributed by atoms with Gasteiger partial charge in [0.05, 0.1) is 5.71 Å². The maximum absolute atomic E-state index is 5.43. The molecule has 1 unspecified atom stereocenters. The van der Waals surface area contributed by atoms with Gasteiger partial charge in [0.15, 0.2) is 0 Å². The highest BCUT2D eigenvalue weighted by Gasteiger charge is 2.37. The van der Waals surface area contributed by atoms with Crippen molar-refractivity contribution in [2.24, 2.45) is 5.16 Å². The van der Waals surface area contributed by atoms with Crippen LogP contribution in [0.3, 0.4) is 0 Å². The largest absolute Gasteiger partial charge is 0.389 e. The highest BCUT2D eigenvalue weighted by atomic mass is 16.7. The second-order valence-corrected chi connectivity index (χ2v) is 3.49. The predicted molar refractivity (Wildman–Crippen MR) is 44.5 cm³/mol. The van der Waals surface area contributed by atoms with Gasteiger partial charge >= 0.3 is 0 Å². The van der Waals surface area contributed by atoms with Crippen LogP contribution in [-0.4, -0.2) is 11.3 Å². The molecule has 2 nitrogen and oxygen atoms in total. The molecule has 60 valence electrons. The zero-order valence-corrected chi connectivity index (χ0v) is 6.84. The minimum atomic E-state index is 0.0544. The molecular weight excluding hydrogens is 138 g/mol. The lowest BCUT2D eigenvalue weighted by atomic mass is 9.86. The lowest BCUT2D eigenvalue weighted by molar-refractivity contribution is -0.0248. The molecule has 0 fully saturated rings. The molecule has 0 saturated carbocycles. The summed E-state index contributed by atoms with van der Waals surface area (Å²) in [5.74, 6) is 0. The summed E-state index contributed by atoms with van der Waals surface area (Å²) in [6.07, 6.45) is 8.76. The van der Waals surface area contributed by atoms with Crippen LogP contribution in [0.25, 0.3) is 0 Å². The third-order valence-electron chi connectivity index (χ3n) is 2.40. The summed E-state index contributed by atoms with van der Waals surface area (Å²) in [6, 6.07) is 0. The zero-order chi connectivity index (χ0) is 7.73. The Morgan fingerprint density at radius 1 is 1.55 bits per heavy atom. The summed E-state index contributed by atoms with van der Waals surface area (Å²) in [5.41, 5.74) is 1.19. The van der Waals surface area contributed by atoms with Gasteiger partial charge in [-0.1, -0.05) is 17.3 Å². The fourth-order valence-electron chi connectivity index (χ4n) is 1.81. The standard InChI is InChI=1S/C9H13NO/c1-8-7-9(11-10-8)5-3-2-4-6-9/h2-3H,4-7H2,1H3. The maximum atomic E-state index is 5.43. The van der Waals surface area contributed by atoms with Crippen LogP contribution in [0.5, 0.6) is 0 Å². The molecule has 1 aliphatic heterocycles. The van der Waals surface area contributed by atoms with E-state index < -0.39 is 0 Å². The van der Waals surface area contributed by atoms with E-state index in [-0.39, 0.29) is 5.60 Å². The molecule has 0 aromatic carbocycles. The Morgan fingerprint density at radius 3 is 3.00 bits per heavy atom. The van der Waals surface area contributed by atoms with Gasteiger partial charge in [-0.25, -0.2) is 0 Å².